The Hall–Kier alpha value is -1.55. The molecule has 0 aliphatic carbocycles. The van der Waals surface area contributed by atoms with Crippen molar-refractivity contribution in [1.82, 2.24) is 10.2 Å². The lowest BCUT2D eigenvalue weighted by molar-refractivity contribution is -0.132. The predicted molar refractivity (Wildman–Crippen MR) is 75.4 cm³/mol. The number of amides is 1. The lowest BCUT2D eigenvalue weighted by atomic mass is 10.2. The van der Waals surface area contributed by atoms with Crippen molar-refractivity contribution in [3.8, 4) is 5.75 Å². The number of rotatable bonds is 5. The van der Waals surface area contributed by atoms with Crippen molar-refractivity contribution in [3.05, 3.63) is 29.8 Å². The first kappa shape index (κ1) is 13.9. The molecule has 1 heterocycles. The molecule has 4 heteroatoms. The minimum atomic E-state index is 0.245. The monoisotopic (exact) mass is 262 g/mol. The molecule has 0 radical (unpaired) electrons. The van der Waals surface area contributed by atoms with E-state index in [-0.39, 0.29) is 5.91 Å². The quantitative estimate of drug-likeness (QED) is 0.819. The van der Waals surface area contributed by atoms with Gasteiger partial charge in [-0.2, -0.15) is 0 Å². The molecule has 0 saturated carbocycles. The molecule has 4 nitrogen and oxygen atoms in total. The van der Waals surface area contributed by atoms with Gasteiger partial charge in [-0.25, -0.2) is 0 Å². The van der Waals surface area contributed by atoms with Gasteiger partial charge in [0, 0.05) is 32.6 Å². The van der Waals surface area contributed by atoms with E-state index in [0.717, 1.165) is 38.3 Å². The van der Waals surface area contributed by atoms with Crippen LogP contribution in [0.15, 0.2) is 24.3 Å². The first-order valence-corrected chi connectivity index (χ1v) is 6.94. The number of hydrogen-bond donors (Lipinski definition) is 1. The number of carbonyl (C=O) groups is 1. The average Bonchev–Trinajstić information content (AvgIpc) is 2.44. The summed E-state index contributed by atoms with van der Waals surface area (Å²) >= 11 is 0. The van der Waals surface area contributed by atoms with Gasteiger partial charge in [-0.05, 0) is 31.0 Å². The van der Waals surface area contributed by atoms with Gasteiger partial charge in [0.05, 0.1) is 6.61 Å². The summed E-state index contributed by atoms with van der Waals surface area (Å²) in [4.78, 5) is 13.8. The zero-order valence-corrected chi connectivity index (χ0v) is 11.5. The highest BCUT2D eigenvalue weighted by atomic mass is 16.5. The van der Waals surface area contributed by atoms with E-state index < -0.39 is 0 Å². The Kier molecular flexibility index (Phi) is 5.21. The lowest BCUT2D eigenvalue weighted by Crippen LogP contribution is -2.46. The van der Waals surface area contributed by atoms with Gasteiger partial charge in [0.15, 0.2) is 0 Å². The number of hydrogen-bond acceptors (Lipinski definition) is 3. The largest absolute Gasteiger partial charge is 0.494 e. The molecule has 0 bridgehead atoms. The Morgan fingerprint density at radius 3 is 2.89 bits per heavy atom. The Morgan fingerprint density at radius 1 is 1.37 bits per heavy atom. The van der Waals surface area contributed by atoms with Crippen LogP contribution >= 0.6 is 0 Å². The van der Waals surface area contributed by atoms with Crippen LogP contribution in [0.3, 0.4) is 0 Å². The van der Waals surface area contributed by atoms with E-state index in [2.05, 4.69) is 5.32 Å². The Balaban J connectivity index is 1.65. The van der Waals surface area contributed by atoms with Crippen molar-refractivity contribution in [2.24, 2.45) is 0 Å². The zero-order valence-electron chi connectivity index (χ0n) is 11.5. The van der Waals surface area contributed by atoms with Crippen LogP contribution in [-0.2, 0) is 4.79 Å². The maximum absolute atomic E-state index is 11.9. The van der Waals surface area contributed by atoms with Crippen molar-refractivity contribution < 1.29 is 9.53 Å². The summed E-state index contributed by atoms with van der Waals surface area (Å²) in [7, 11) is 0. The minimum absolute atomic E-state index is 0.245. The molecule has 19 heavy (non-hydrogen) atoms. The maximum Gasteiger partial charge on any atom is 0.222 e. The number of nitrogens with one attached hydrogen (secondary N) is 1. The number of carbonyl (C=O) groups excluding carboxylic acids is 1. The number of aryl methyl sites for hydroxylation is 1. The molecule has 0 atom stereocenters. The third kappa shape index (κ3) is 4.56. The first-order chi connectivity index (χ1) is 9.25. The summed E-state index contributed by atoms with van der Waals surface area (Å²) in [5.41, 5.74) is 1.19. The van der Waals surface area contributed by atoms with Crippen LogP contribution in [0.25, 0.3) is 0 Å². The second-order valence-corrected chi connectivity index (χ2v) is 4.90. The first-order valence-electron chi connectivity index (χ1n) is 6.94. The Morgan fingerprint density at radius 2 is 2.16 bits per heavy atom. The molecule has 0 spiro atoms. The number of benzene rings is 1. The minimum Gasteiger partial charge on any atom is -0.494 e. The molecule has 1 aromatic rings. The fraction of sp³-hybridized carbons (Fsp3) is 0.533. The summed E-state index contributed by atoms with van der Waals surface area (Å²) in [6.45, 7) is 6.12. The van der Waals surface area contributed by atoms with E-state index in [0.29, 0.717) is 13.0 Å². The highest BCUT2D eigenvalue weighted by molar-refractivity contribution is 5.76. The summed E-state index contributed by atoms with van der Waals surface area (Å²) in [5, 5.41) is 3.25. The zero-order chi connectivity index (χ0) is 13.5. The van der Waals surface area contributed by atoms with E-state index in [1.165, 1.54) is 5.56 Å². The van der Waals surface area contributed by atoms with Crippen LogP contribution in [-0.4, -0.2) is 43.6 Å². The van der Waals surface area contributed by atoms with E-state index in [1.54, 1.807) is 0 Å². The number of ether oxygens (including phenoxy) is 1. The van der Waals surface area contributed by atoms with Gasteiger partial charge in [-0.3, -0.25) is 4.79 Å². The number of nitrogens with zero attached hydrogens (tertiary/aromatic N) is 1. The van der Waals surface area contributed by atoms with Crippen molar-refractivity contribution in [2.75, 3.05) is 32.8 Å². The highest BCUT2D eigenvalue weighted by Gasteiger charge is 2.15. The third-order valence-corrected chi connectivity index (χ3v) is 3.26. The molecule has 1 N–H and O–H groups in total. The van der Waals surface area contributed by atoms with Crippen LogP contribution in [0.4, 0.5) is 0 Å². The van der Waals surface area contributed by atoms with Crippen LogP contribution in [0, 0.1) is 6.92 Å². The second kappa shape index (κ2) is 7.14. The Bertz CT molecular complexity index is 414. The van der Waals surface area contributed by atoms with Gasteiger partial charge in [-0.15, -0.1) is 0 Å². The fourth-order valence-electron chi connectivity index (χ4n) is 2.19. The van der Waals surface area contributed by atoms with Gasteiger partial charge >= 0.3 is 0 Å². The van der Waals surface area contributed by atoms with E-state index in [9.17, 15) is 4.79 Å². The molecule has 1 amide bonds. The maximum atomic E-state index is 11.9. The summed E-state index contributed by atoms with van der Waals surface area (Å²) in [5.74, 6) is 1.13. The van der Waals surface area contributed by atoms with Crippen molar-refractivity contribution in [1.29, 1.82) is 0 Å². The lowest BCUT2D eigenvalue weighted by Gasteiger charge is -2.27. The van der Waals surface area contributed by atoms with Gasteiger partial charge in [0.1, 0.15) is 5.75 Å². The average molecular weight is 262 g/mol. The summed E-state index contributed by atoms with van der Waals surface area (Å²) in [6, 6.07) is 7.99. The Labute approximate surface area is 114 Å². The van der Waals surface area contributed by atoms with Crippen LogP contribution in [0.2, 0.25) is 0 Å². The molecular formula is C15H22N2O2. The van der Waals surface area contributed by atoms with Crippen LogP contribution in [0.5, 0.6) is 5.75 Å². The number of piperazine rings is 1. The SMILES string of the molecule is Cc1cccc(OCCCC(=O)N2CCNCC2)c1. The van der Waals surface area contributed by atoms with Crippen molar-refractivity contribution in [3.63, 3.8) is 0 Å². The third-order valence-electron chi connectivity index (χ3n) is 3.26. The molecule has 0 aromatic heterocycles. The molecule has 0 unspecified atom stereocenters. The van der Waals surface area contributed by atoms with Crippen LogP contribution in [0.1, 0.15) is 18.4 Å². The highest BCUT2D eigenvalue weighted by Crippen LogP contribution is 2.12. The van der Waals surface area contributed by atoms with E-state index in [4.69, 9.17) is 4.74 Å². The normalized spacial score (nSPS) is 15.3. The summed E-state index contributed by atoms with van der Waals surface area (Å²) < 4.78 is 5.64. The molecule has 2 rings (SSSR count). The topological polar surface area (TPSA) is 41.6 Å². The van der Waals surface area contributed by atoms with E-state index >= 15 is 0 Å². The van der Waals surface area contributed by atoms with Gasteiger partial charge < -0.3 is 15.0 Å². The van der Waals surface area contributed by atoms with Gasteiger partial charge in [0.25, 0.3) is 0 Å². The predicted octanol–water partition coefficient (Wildman–Crippen LogP) is 1.59. The molecule has 1 aliphatic rings. The molecule has 104 valence electrons. The standard InChI is InChI=1S/C15H22N2O2/c1-13-4-2-5-14(12-13)19-11-3-6-15(18)17-9-7-16-8-10-17/h2,4-5,12,16H,3,6-11H2,1H3. The van der Waals surface area contributed by atoms with Gasteiger partial charge in [0.2, 0.25) is 5.91 Å². The van der Waals surface area contributed by atoms with E-state index in [1.807, 2.05) is 36.1 Å². The smallest absolute Gasteiger partial charge is 0.222 e. The van der Waals surface area contributed by atoms with Crippen LogP contribution < -0.4 is 10.1 Å². The molecule has 1 aliphatic heterocycles. The molecular weight excluding hydrogens is 240 g/mol. The van der Waals surface area contributed by atoms with Crippen molar-refractivity contribution >= 4 is 5.91 Å². The molecule has 1 fully saturated rings. The van der Waals surface area contributed by atoms with Crippen molar-refractivity contribution in [2.45, 2.75) is 19.8 Å². The fourth-order valence-corrected chi connectivity index (χ4v) is 2.19. The molecule has 1 saturated heterocycles. The second-order valence-electron chi connectivity index (χ2n) is 4.90. The van der Waals surface area contributed by atoms with Gasteiger partial charge in [-0.1, -0.05) is 12.1 Å². The summed E-state index contributed by atoms with van der Waals surface area (Å²) in [6.07, 6.45) is 1.35. The molecule has 1 aromatic carbocycles.